The van der Waals surface area contributed by atoms with Crippen molar-refractivity contribution in [2.75, 3.05) is 18.0 Å². The topological polar surface area (TPSA) is 110 Å². The first kappa shape index (κ1) is 26.5. The third-order valence-corrected chi connectivity index (χ3v) is 7.98. The summed E-state index contributed by atoms with van der Waals surface area (Å²) in [7, 11) is 0. The summed E-state index contributed by atoms with van der Waals surface area (Å²) in [5.41, 5.74) is 1.77. The van der Waals surface area contributed by atoms with E-state index in [4.69, 9.17) is 5.11 Å². The van der Waals surface area contributed by atoms with Gasteiger partial charge in [0.1, 0.15) is 5.75 Å². The maximum atomic E-state index is 13.8. The van der Waals surface area contributed by atoms with Crippen LogP contribution in [-0.4, -0.2) is 51.6 Å². The number of aliphatic carboxylic acids is 1. The number of aromatic hydroxyl groups is 1. The number of phenols is 1. The van der Waals surface area contributed by atoms with Crippen LogP contribution in [0.4, 0.5) is 10.5 Å². The van der Waals surface area contributed by atoms with Crippen LogP contribution in [0.3, 0.4) is 0 Å². The zero-order valence-electron chi connectivity index (χ0n) is 21.9. The van der Waals surface area contributed by atoms with Gasteiger partial charge in [0.2, 0.25) is 0 Å². The van der Waals surface area contributed by atoms with Crippen molar-refractivity contribution in [1.29, 1.82) is 0 Å². The van der Waals surface area contributed by atoms with Gasteiger partial charge < -0.3 is 20.4 Å². The van der Waals surface area contributed by atoms with Crippen LogP contribution >= 0.6 is 0 Å². The molecule has 4 rings (SSSR count). The molecular weight excluding hydrogens is 470 g/mol. The Bertz CT molecular complexity index is 1150. The van der Waals surface area contributed by atoms with Crippen LogP contribution in [0.15, 0.2) is 48.5 Å². The number of nitrogens with zero attached hydrogens (tertiary/aromatic N) is 2. The lowest BCUT2D eigenvalue weighted by molar-refractivity contribution is -0.136. The Hall–Kier alpha value is -3.55. The second-order valence-corrected chi connectivity index (χ2v) is 11.4. The molecule has 1 heterocycles. The van der Waals surface area contributed by atoms with E-state index in [0.29, 0.717) is 30.3 Å². The predicted octanol–water partition coefficient (Wildman–Crippen LogP) is 5.01. The van der Waals surface area contributed by atoms with Gasteiger partial charge in [-0.15, -0.1) is 0 Å². The van der Waals surface area contributed by atoms with E-state index in [-0.39, 0.29) is 41.6 Å². The van der Waals surface area contributed by atoms with Gasteiger partial charge in [0.15, 0.2) is 0 Å². The second-order valence-electron chi connectivity index (χ2n) is 11.4. The third kappa shape index (κ3) is 5.73. The number of hydrogen-bond acceptors (Lipinski definition) is 4. The number of rotatable bonds is 7. The fourth-order valence-electron chi connectivity index (χ4n) is 5.69. The van der Waals surface area contributed by atoms with E-state index in [9.17, 15) is 19.5 Å². The number of urea groups is 1. The highest BCUT2D eigenvalue weighted by Gasteiger charge is 2.52. The van der Waals surface area contributed by atoms with Crippen molar-refractivity contribution in [3.8, 4) is 5.75 Å². The quantitative estimate of drug-likeness (QED) is 0.488. The maximum absolute atomic E-state index is 13.8. The first-order chi connectivity index (χ1) is 17.5. The fraction of sp³-hybridized carbons (Fsp3) is 0.483. The van der Waals surface area contributed by atoms with E-state index in [1.54, 1.807) is 35.2 Å². The molecule has 37 heavy (non-hydrogen) atoms. The van der Waals surface area contributed by atoms with Crippen molar-refractivity contribution in [3.63, 3.8) is 0 Å². The van der Waals surface area contributed by atoms with Gasteiger partial charge in [-0.2, -0.15) is 0 Å². The molecule has 2 aromatic rings. The van der Waals surface area contributed by atoms with Crippen LogP contribution in [-0.2, 0) is 11.3 Å². The number of carboxylic acid groups (broad SMARTS) is 1. The lowest BCUT2D eigenvalue weighted by atomic mass is 9.67. The molecule has 2 aliphatic rings. The van der Waals surface area contributed by atoms with Gasteiger partial charge in [-0.05, 0) is 66.8 Å². The summed E-state index contributed by atoms with van der Waals surface area (Å²) < 4.78 is 0. The summed E-state index contributed by atoms with van der Waals surface area (Å²) in [4.78, 5) is 40.5. The van der Waals surface area contributed by atoms with E-state index in [1.165, 1.54) is 0 Å². The van der Waals surface area contributed by atoms with Crippen LogP contribution in [0.5, 0.6) is 5.75 Å². The van der Waals surface area contributed by atoms with Gasteiger partial charge in [-0.1, -0.05) is 45.0 Å². The minimum Gasteiger partial charge on any atom is -0.506 e. The number of nitrogens with one attached hydrogen (secondary N) is 1. The monoisotopic (exact) mass is 507 g/mol. The molecule has 1 saturated heterocycles. The van der Waals surface area contributed by atoms with Crippen molar-refractivity contribution in [2.45, 2.75) is 65.0 Å². The second kappa shape index (κ2) is 10.4. The van der Waals surface area contributed by atoms with Gasteiger partial charge in [0, 0.05) is 18.7 Å². The minimum atomic E-state index is -0.964. The molecule has 3 N–H and O–H groups in total. The average molecular weight is 508 g/mol. The number of para-hydroxylation sites is 2. The molecule has 1 spiro atoms. The van der Waals surface area contributed by atoms with Gasteiger partial charge in [-0.25, -0.2) is 4.79 Å². The fourth-order valence-corrected chi connectivity index (χ4v) is 5.69. The lowest BCUT2D eigenvalue weighted by Gasteiger charge is -2.45. The van der Waals surface area contributed by atoms with E-state index in [2.05, 4.69) is 26.1 Å². The van der Waals surface area contributed by atoms with Gasteiger partial charge in [-0.3, -0.25) is 14.5 Å². The van der Waals surface area contributed by atoms with E-state index in [0.717, 1.165) is 31.2 Å². The number of hydrogen-bond donors (Lipinski definition) is 3. The molecule has 3 amide bonds. The molecule has 0 unspecified atom stereocenters. The van der Waals surface area contributed by atoms with Crippen LogP contribution in [0, 0.1) is 11.3 Å². The molecule has 1 aliphatic heterocycles. The standard InChI is InChI=1S/C29H37N3O5/c1-28(2,3)22-12-15-29(16-13-22)19-31(23-6-4-5-7-24(23)33)27(37)32(29)18-20-8-10-21(11-9-20)26(36)30-17-14-25(34)35/h4-11,22,33H,12-19H2,1-3H3,(H,30,36)(H,34,35). The molecule has 1 aliphatic carbocycles. The summed E-state index contributed by atoms with van der Waals surface area (Å²) in [5, 5.41) is 21.9. The minimum absolute atomic E-state index is 0.0679. The lowest BCUT2D eigenvalue weighted by Crippen LogP contribution is -2.50. The van der Waals surface area contributed by atoms with E-state index < -0.39 is 5.97 Å². The summed E-state index contributed by atoms with van der Waals surface area (Å²) in [6.07, 6.45) is 3.74. The Morgan fingerprint density at radius 2 is 1.70 bits per heavy atom. The summed E-state index contributed by atoms with van der Waals surface area (Å²) >= 11 is 0. The Labute approximate surface area is 218 Å². The molecule has 1 saturated carbocycles. The highest BCUT2D eigenvalue weighted by molar-refractivity contribution is 5.97. The smallest absolute Gasteiger partial charge is 0.325 e. The van der Waals surface area contributed by atoms with Crippen molar-refractivity contribution in [2.24, 2.45) is 11.3 Å². The van der Waals surface area contributed by atoms with Crippen molar-refractivity contribution < 1.29 is 24.6 Å². The first-order valence-corrected chi connectivity index (χ1v) is 13.0. The molecule has 0 atom stereocenters. The average Bonchev–Trinajstić information content (AvgIpc) is 3.10. The van der Waals surface area contributed by atoms with Crippen molar-refractivity contribution >= 4 is 23.6 Å². The SMILES string of the molecule is CC(C)(C)C1CCC2(CC1)CN(c1ccccc1O)C(=O)N2Cc1ccc(C(=O)NCCC(=O)O)cc1. The van der Waals surface area contributed by atoms with Gasteiger partial charge in [0.25, 0.3) is 5.91 Å². The normalized spacial score (nSPS) is 21.9. The number of carbonyl (C=O) groups is 3. The predicted molar refractivity (Wildman–Crippen MR) is 142 cm³/mol. The molecule has 8 heteroatoms. The molecule has 0 aromatic heterocycles. The number of anilines is 1. The van der Waals surface area contributed by atoms with Crippen LogP contribution in [0.25, 0.3) is 0 Å². The van der Waals surface area contributed by atoms with Gasteiger partial charge in [0.05, 0.1) is 24.2 Å². The number of phenolic OH excluding ortho intramolecular Hbond substituents is 1. The molecule has 0 bridgehead atoms. The van der Waals surface area contributed by atoms with E-state index >= 15 is 0 Å². The molecule has 2 aromatic carbocycles. The first-order valence-electron chi connectivity index (χ1n) is 13.0. The zero-order chi connectivity index (χ0) is 26.8. The summed E-state index contributed by atoms with van der Waals surface area (Å²) in [5.74, 6) is -0.607. The Morgan fingerprint density at radius 1 is 1.05 bits per heavy atom. The number of amides is 3. The highest BCUT2D eigenvalue weighted by Crippen LogP contribution is 2.48. The van der Waals surface area contributed by atoms with E-state index in [1.807, 2.05) is 23.1 Å². The van der Waals surface area contributed by atoms with Crippen LogP contribution < -0.4 is 10.2 Å². The zero-order valence-corrected chi connectivity index (χ0v) is 21.9. The molecule has 8 nitrogen and oxygen atoms in total. The van der Waals surface area contributed by atoms with Gasteiger partial charge >= 0.3 is 12.0 Å². The molecule has 2 fully saturated rings. The molecule has 198 valence electrons. The van der Waals surface area contributed by atoms with Crippen molar-refractivity contribution in [3.05, 3.63) is 59.7 Å². The third-order valence-electron chi connectivity index (χ3n) is 7.98. The Balaban J connectivity index is 1.55. The largest absolute Gasteiger partial charge is 0.506 e. The Kier molecular flexibility index (Phi) is 7.48. The number of carbonyl (C=O) groups excluding carboxylic acids is 2. The number of benzene rings is 2. The van der Waals surface area contributed by atoms with Crippen LogP contribution in [0.1, 0.15) is 68.8 Å². The number of carboxylic acids is 1. The molecule has 0 radical (unpaired) electrons. The Morgan fingerprint density at radius 3 is 2.30 bits per heavy atom. The maximum Gasteiger partial charge on any atom is 0.325 e. The molecular formula is C29H37N3O5. The highest BCUT2D eigenvalue weighted by atomic mass is 16.4. The summed E-state index contributed by atoms with van der Waals surface area (Å²) in [6, 6.07) is 13.9. The summed E-state index contributed by atoms with van der Waals surface area (Å²) in [6.45, 7) is 7.84. The van der Waals surface area contributed by atoms with Crippen LogP contribution in [0.2, 0.25) is 0 Å². The van der Waals surface area contributed by atoms with Crippen molar-refractivity contribution in [1.82, 2.24) is 10.2 Å².